The summed E-state index contributed by atoms with van der Waals surface area (Å²) in [5.41, 5.74) is 13.7. The number of hydrogen-bond donors (Lipinski definition) is 4. The average Bonchev–Trinajstić information content (AvgIpc) is 3.59. The second-order valence-electron chi connectivity index (χ2n) is 10.7. The quantitative estimate of drug-likeness (QED) is 0.224. The van der Waals surface area contributed by atoms with Gasteiger partial charge in [0.15, 0.2) is 0 Å². The summed E-state index contributed by atoms with van der Waals surface area (Å²) in [6, 6.07) is 7.88. The Labute approximate surface area is 300 Å². The molecule has 3 aromatic rings. The number of aliphatic carboxylic acids is 2. The minimum absolute atomic E-state index is 0. The summed E-state index contributed by atoms with van der Waals surface area (Å²) in [6.45, 7) is 16.0. The van der Waals surface area contributed by atoms with Crippen LogP contribution in [-0.2, 0) is 16.0 Å². The van der Waals surface area contributed by atoms with E-state index in [1.165, 1.54) is 0 Å². The summed E-state index contributed by atoms with van der Waals surface area (Å²) in [5.74, 6) is -1.76. The number of carbonyl (C=O) groups is 2. The van der Waals surface area contributed by atoms with Crippen LogP contribution in [-0.4, -0.2) is 101 Å². The third kappa shape index (κ3) is 6.81. The van der Waals surface area contributed by atoms with E-state index in [0.29, 0.717) is 18.5 Å². The molecule has 5 rings (SSSR count). The summed E-state index contributed by atoms with van der Waals surface area (Å²) >= 11 is 0. The summed E-state index contributed by atoms with van der Waals surface area (Å²) in [7, 11) is 0. The predicted molar refractivity (Wildman–Crippen MR) is 183 cm³/mol. The van der Waals surface area contributed by atoms with Crippen LogP contribution in [0.5, 0.6) is 0 Å². The number of carboxylic acids is 2. The Bertz CT molecular complexity index is 1930. The normalized spacial score (nSPS) is 12.5. The first-order chi connectivity index (χ1) is 20.0. The molecule has 4 N–H and O–H groups in total. The summed E-state index contributed by atoms with van der Waals surface area (Å²) < 4.78 is 0. The second kappa shape index (κ2) is 14.4. The van der Waals surface area contributed by atoms with Crippen LogP contribution >= 0.6 is 0 Å². The molecule has 5 heterocycles. The third-order valence-electron chi connectivity index (χ3n) is 8.22. The molecule has 0 fully saturated rings. The molecule has 0 spiro atoms. The van der Waals surface area contributed by atoms with Crippen molar-refractivity contribution in [2.45, 2.75) is 53.4 Å². The Kier molecular flexibility index (Phi) is 11.6. The fourth-order valence-corrected chi connectivity index (χ4v) is 5.77. The zero-order valence-corrected chi connectivity index (χ0v) is 24.3. The molecule has 8 nitrogen and oxygen atoms in total. The van der Waals surface area contributed by atoms with E-state index in [0.717, 1.165) is 83.7 Å². The van der Waals surface area contributed by atoms with Crippen LogP contribution in [0.3, 0.4) is 0 Å². The van der Waals surface area contributed by atoms with Crippen LogP contribution in [0.15, 0.2) is 43.5 Å². The van der Waals surface area contributed by atoms with E-state index in [1.54, 1.807) is 6.08 Å². The molecule has 8 bridgehead atoms. The van der Waals surface area contributed by atoms with Gasteiger partial charge in [-0.3, -0.25) is 9.59 Å². The molecule has 10 heteroatoms. The SMILES string of the molecule is C=CC1=C(C)c2cc3[nH]c(cc4nc(cc5[nH]c(cc1n2)c(C)c5CCC(=O)O)C(CCC(=O)O)=C4C)c(C)c3C=C.[NaH].[NaH]. The first kappa shape index (κ1) is 35.5. The molecular weight excluding hydrogens is 574 g/mol. The number of aromatic nitrogens is 4. The van der Waals surface area contributed by atoms with Crippen molar-refractivity contribution in [3.8, 4) is 0 Å². The van der Waals surface area contributed by atoms with Crippen molar-refractivity contribution in [3.05, 3.63) is 88.5 Å². The Morgan fingerprint density at radius 2 is 1.23 bits per heavy atom. The standard InChI is InChI=1S/C34H34N4O4.2Na.2H/c1-7-21-17(3)25-13-26-19(5)23(9-11-33(39)40)31(37-26)16-32-24(10-12-34(41)42)20(6)28(38-32)15-30-22(8-2)18(4)27(36-30)14-29(21)35-25;;;;/h7-8,13-16,35,38H,1-2,9-12H2,3-6H3,(H,39,40)(H,41,42);;;;. The zero-order chi connectivity index (χ0) is 30.3. The van der Waals surface area contributed by atoms with Gasteiger partial charge in [0.05, 0.1) is 22.8 Å². The zero-order valence-electron chi connectivity index (χ0n) is 24.3. The number of aryl methyl sites for hydroxylation is 3. The molecule has 0 amide bonds. The van der Waals surface area contributed by atoms with E-state index in [2.05, 4.69) is 23.1 Å². The van der Waals surface area contributed by atoms with Gasteiger partial charge in [-0.15, -0.1) is 0 Å². The molecule has 2 aliphatic heterocycles. The van der Waals surface area contributed by atoms with Gasteiger partial charge in [0.1, 0.15) is 0 Å². The van der Waals surface area contributed by atoms with Crippen molar-refractivity contribution in [1.82, 2.24) is 19.9 Å². The molecule has 218 valence electrons. The average molecular weight is 611 g/mol. The first-order valence-electron chi connectivity index (χ1n) is 13.9. The van der Waals surface area contributed by atoms with Crippen molar-refractivity contribution >= 4 is 121 Å². The van der Waals surface area contributed by atoms with Crippen LogP contribution in [0.1, 0.15) is 78.1 Å². The molecule has 0 aromatic carbocycles. The molecule has 44 heavy (non-hydrogen) atoms. The van der Waals surface area contributed by atoms with Crippen LogP contribution in [0.25, 0.3) is 50.4 Å². The number of H-pyrrole nitrogens is 2. The van der Waals surface area contributed by atoms with E-state index in [1.807, 2.05) is 58.0 Å². The van der Waals surface area contributed by atoms with Gasteiger partial charge in [-0.25, -0.2) is 9.97 Å². The van der Waals surface area contributed by atoms with Gasteiger partial charge in [0, 0.05) is 46.0 Å². The van der Waals surface area contributed by atoms with Gasteiger partial charge in [-0.1, -0.05) is 25.3 Å². The van der Waals surface area contributed by atoms with Gasteiger partial charge < -0.3 is 20.2 Å². The monoisotopic (exact) mass is 610 g/mol. The second-order valence-corrected chi connectivity index (χ2v) is 10.7. The van der Waals surface area contributed by atoms with Gasteiger partial charge in [-0.05, 0) is 98.2 Å². The van der Waals surface area contributed by atoms with Crippen LogP contribution < -0.4 is 0 Å². The van der Waals surface area contributed by atoms with Crippen molar-refractivity contribution < 1.29 is 19.8 Å². The predicted octanol–water partition coefficient (Wildman–Crippen LogP) is 6.21. The third-order valence-corrected chi connectivity index (χ3v) is 8.22. The minimum atomic E-state index is -0.883. The molecule has 0 saturated carbocycles. The number of rotatable bonds is 8. The molecule has 3 aromatic heterocycles. The number of nitrogens with zero attached hydrogens (tertiary/aromatic N) is 2. The molecule has 2 aliphatic rings. The maximum atomic E-state index is 11.5. The summed E-state index contributed by atoms with van der Waals surface area (Å²) in [5, 5.41) is 18.9. The van der Waals surface area contributed by atoms with Gasteiger partial charge >= 0.3 is 71.1 Å². The molecule has 0 aliphatic carbocycles. The number of nitrogens with one attached hydrogen (secondary N) is 2. The van der Waals surface area contributed by atoms with Gasteiger partial charge in [0.25, 0.3) is 0 Å². The Morgan fingerprint density at radius 3 is 1.86 bits per heavy atom. The van der Waals surface area contributed by atoms with E-state index >= 15 is 0 Å². The van der Waals surface area contributed by atoms with E-state index in [9.17, 15) is 19.8 Å². The number of aromatic amines is 2. The molecule has 0 saturated heterocycles. The Morgan fingerprint density at radius 1 is 0.705 bits per heavy atom. The van der Waals surface area contributed by atoms with Crippen molar-refractivity contribution in [3.63, 3.8) is 0 Å². The Balaban J connectivity index is 0.00000264. The molecule has 0 unspecified atom stereocenters. The number of carboxylic acid groups (broad SMARTS) is 2. The van der Waals surface area contributed by atoms with Crippen LogP contribution in [0.4, 0.5) is 0 Å². The topological polar surface area (TPSA) is 132 Å². The first-order valence-corrected chi connectivity index (χ1v) is 13.9. The van der Waals surface area contributed by atoms with Gasteiger partial charge in [-0.2, -0.15) is 0 Å². The fraction of sp³-hybridized carbons (Fsp3) is 0.235. The van der Waals surface area contributed by atoms with Crippen LogP contribution in [0, 0.1) is 13.8 Å². The van der Waals surface area contributed by atoms with E-state index in [-0.39, 0.29) is 72.0 Å². The Hall–Kier alpha value is -2.98. The molecular formula is C34H36N4Na2O4. The number of fused-ring (bicyclic) bond motifs is 8. The molecule has 0 atom stereocenters. The fourth-order valence-electron chi connectivity index (χ4n) is 5.77. The summed E-state index contributed by atoms with van der Waals surface area (Å²) in [4.78, 5) is 40.0. The number of allylic oxidation sites excluding steroid dienone is 5. The number of hydrogen-bond acceptors (Lipinski definition) is 4. The van der Waals surface area contributed by atoms with E-state index < -0.39 is 11.9 Å². The van der Waals surface area contributed by atoms with Crippen molar-refractivity contribution in [2.24, 2.45) is 0 Å². The maximum absolute atomic E-state index is 11.5. The molecule has 0 radical (unpaired) electrons. The van der Waals surface area contributed by atoms with Crippen molar-refractivity contribution in [2.75, 3.05) is 0 Å². The van der Waals surface area contributed by atoms with Gasteiger partial charge in [0.2, 0.25) is 0 Å². The van der Waals surface area contributed by atoms with E-state index in [4.69, 9.17) is 9.97 Å². The van der Waals surface area contributed by atoms with Crippen LogP contribution in [0.2, 0.25) is 0 Å². The summed E-state index contributed by atoms with van der Waals surface area (Å²) in [6.07, 6.45) is 4.22. The van der Waals surface area contributed by atoms with Crippen molar-refractivity contribution in [1.29, 1.82) is 0 Å².